The lowest BCUT2D eigenvalue weighted by Crippen LogP contribution is -2.14. The molecule has 0 aliphatic carbocycles. The van der Waals surface area contributed by atoms with Gasteiger partial charge in [-0.25, -0.2) is 0 Å². The molecule has 0 N–H and O–H groups in total. The molecule has 1 heterocycles. The van der Waals surface area contributed by atoms with E-state index in [0.717, 1.165) is 18.6 Å². The minimum absolute atomic E-state index is 0.195. The molecule has 0 saturated carbocycles. The molecule has 0 amide bonds. The lowest BCUT2D eigenvalue weighted by Gasteiger charge is -2.15. The SMILES string of the molecule is COc1cc(OCc2ccccc2)cc(OC2C[C@@H](C)CO2)c1. The first-order chi connectivity index (χ1) is 11.2. The zero-order valence-corrected chi connectivity index (χ0v) is 13.5. The maximum Gasteiger partial charge on any atom is 0.200 e. The largest absolute Gasteiger partial charge is 0.496 e. The first-order valence-electron chi connectivity index (χ1n) is 7.87. The maximum absolute atomic E-state index is 5.90. The smallest absolute Gasteiger partial charge is 0.200 e. The Morgan fingerprint density at radius 1 is 1.04 bits per heavy atom. The van der Waals surface area contributed by atoms with Crippen molar-refractivity contribution in [1.82, 2.24) is 0 Å². The van der Waals surface area contributed by atoms with E-state index in [1.54, 1.807) is 7.11 Å². The highest BCUT2D eigenvalue weighted by atomic mass is 16.7. The minimum Gasteiger partial charge on any atom is -0.496 e. The summed E-state index contributed by atoms with van der Waals surface area (Å²) >= 11 is 0. The van der Waals surface area contributed by atoms with Crippen molar-refractivity contribution >= 4 is 0 Å². The molecule has 0 bridgehead atoms. The van der Waals surface area contributed by atoms with Crippen LogP contribution in [0.15, 0.2) is 48.5 Å². The molecular weight excluding hydrogens is 292 g/mol. The van der Waals surface area contributed by atoms with Gasteiger partial charge in [0, 0.05) is 24.6 Å². The van der Waals surface area contributed by atoms with Gasteiger partial charge in [-0.2, -0.15) is 0 Å². The number of hydrogen-bond donors (Lipinski definition) is 0. The van der Waals surface area contributed by atoms with E-state index in [9.17, 15) is 0 Å². The fourth-order valence-electron chi connectivity index (χ4n) is 2.53. The molecule has 2 aromatic rings. The quantitative estimate of drug-likeness (QED) is 0.806. The van der Waals surface area contributed by atoms with E-state index in [-0.39, 0.29) is 6.29 Å². The Balaban J connectivity index is 1.68. The third kappa shape index (κ3) is 4.39. The van der Waals surface area contributed by atoms with E-state index in [1.807, 2.05) is 48.5 Å². The van der Waals surface area contributed by atoms with Crippen LogP contribution in [0.4, 0.5) is 0 Å². The van der Waals surface area contributed by atoms with Gasteiger partial charge in [-0.15, -0.1) is 0 Å². The molecule has 2 atom stereocenters. The Kier molecular flexibility index (Phi) is 5.03. The van der Waals surface area contributed by atoms with E-state index in [0.29, 0.717) is 29.8 Å². The first kappa shape index (κ1) is 15.7. The molecule has 0 aromatic heterocycles. The summed E-state index contributed by atoms with van der Waals surface area (Å²) in [5, 5.41) is 0. The van der Waals surface area contributed by atoms with E-state index in [1.165, 1.54) is 0 Å². The highest BCUT2D eigenvalue weighted by Gasteiger charge is 2.23. The lowest BCUT2D eigenvalue weighted by atomic mass is 10.1. The molecule has 1 unspecified atom stereocenters. The van der Waals surface area contributed by atoms with Crippen LogP contribution in [0.1, 0.15) is 18.9 Å². The second kappa shape index (κ2) is 7.38. The van der Waals surface area contributed by atoms with Crippen LogP contribution in [0, 0.1) is 5.92 Å². The predicted octanol–water partition coefficient (Wildman–Crippen LogP) is 4.04. The molecular formula is C19H22O4. The van der Waals surface area contributed by atoms with Gasteiger partial charge in [0.05, 0.1) is 13.7 Å². The summed E-state index contributed by atoms with van der Waals surface area (Å²) in [6.45, 7) is 3.40. The number of methoxy groups -OCH3 is 1. The van der Waals surface area contributed by atoms with E-state index in [2.05, 4.69) is 6.92 Å². The van der Waals surface area contributed by atoms with Crippen LogP contribution in [0.2, 0.25) is 0 Å². The molecule has 3 rings (SSSR count). The zero-order chi connectivity index (χ0) is 16.1. The lowest BCUT2D eigenvalue weighted by molar-refractivity contribution is -0.0395. The van der Waals surface area contributed by atoms with Crippen LogP contribution in [-0.2, 0) is 11.3 Å². The van der Waals surface area contributed by atoms with Crippen molar-refractivity contribution in [2.24, 2.45) is 5.92 Å². The highest BCUT2D eigenvalue weighted by Crippen LogP contribution is 2.31. The van der Waals surface area contributed by atoms with Gasteiger partial charge in [0.25, 0.3) is 0 Å². The third-order valence-corrected chi connectivity index (χ3v) is 3.77. The van der Waals surface area contributed by atoms with Crippen molar-refractivity contribution in [2.75, 3.05) is 13.7 Å². The Bertz CT molecular complexity index is 627. The van der Waals surface area contributed by atoms with Crippen molar-refractivity contribution in [3.8, 4) is 17.2 Å². The van der Waals surface area contributed by atoms with Gasteiger partial charge in [0.1, 0.15) is 23.9 Å². The molecule has 0 radical (unpaired) electrons. The van der Waals surface area contributed by atoms with Crippen LogP contribution in [0.25, 0.3) is 0 Å². The summed E-state index contributed by atoms with van der Waals surface area (Å²) in [5.41, 5.74) is 1.12. The summed E-state index contributed by atoms with van der Waals surface area (Å²) in [4.78, 5) is 0. The summed E-state index contributed by atoms with van der Waals surface area (Å²) < 4.78 is 22.7. The monoisotopic (exact) mass is 314 g/mol. The Hall–Kier alpha value is -2.20. The van der Waals surface area contributed by atoms with Crippen LogP contribution in [0.3, 0.4) is 0 Å². The second-order valence-electron chi connectivity index (χ2n) is 5.84. The van der Waals surface area contributed by atoms with E-state index >= 15 is 0 Å². The molecule has 0 spiro atoms. The van der Waals surface area contributed by atoms with Gasteiger partial charge in [-0.1, -0.05) is 37.3 Å². The fourth-order valence-corrected chi connectivity index (χ4v) is 2.53. The van der Waals surface area contributed by atoms with Crippen LogP contribution in [-0.4, -0.2) is 20.0 Å². The van der Waals surface area contributed by atoms with Gasteiger partial charge in [0.15, 0.2) is 6.29 Å². The first-order valence-corrected chi connectivity index (χ1v) is 7.87. The van der Waals surface area contributed by atoms with Gasteiger partial charge in [0.2, 0.25) is 0 Å². The van der Waals surface area contributed by atoms with Crippen LogP contribution in [0.5, 0.6) is 17.2 Å². The Labute approximate surface area is 136 Å². The molecule has 1 aliphatic heterocycles. The summed E-state index contributed by atoms with van der Waals surface area (Å²) in [5.74, 6) is 2.65. The summed E-state index contributed by atoms with van der Waals surface area (Å²) in [6, 6.07) is 15.6. The predicted molar refractivity (Wildman–Crippen MR) is 87.9 cm³/mol. The Morgan fingerprint density at radius 2 is 1.78 bits per heavy atom. The van der Waals surface area contributed by atoms with Crippen molar-refractivity contribution in [3.63, 3.8) is 0 Å². The van der Waals surface area contributed by atoms with Gasteiger partial charge in [-0.05, 0) is 11.5 Å². The molecule has 1 fully saturated rings. The van der Waals surface area contributed by atoms with Crippen molar-refractivity contribution in [3.05, 3.63) is 54.1 Å². The molecule has 4 nitrogen and oxygen atoms in total. The topological polar surface area (TPSA) is 36.9 Å². The van der Waals surface area contributed by atoms with Gasteiger partial charge in [-0.3, -0.25) is 0 Å². The average molecular weight is 314 g/mol. The molecule has 122 valence electrons. The second-order valence-corrected chi connectivity index (χ2v) is 5.84. The van der Waals surface area contributed by atoms with Gasteiger partial charge < -0.3 is 18.9 Å². The van der Waals surface area contributed by atoms with Crippen molar-refractivity contribution < 1.29 is 18.9 Å². The van der Waals surface area contributed by atoms with Gasteiger partial charge >= 0.3 is 0 Å². The zero-order valence-electron chi connectivity index (χ0n) is 13.5. The van der Waals surface area contributed by atoms with Crippen molar-refractivity contribution in [2.45, 2.75) is 26.2 Å². The summed E-state index contributed by atoms with van der Waals surface area (Å²) in [6.07, 6.45) is 0.705. The average Bonchev–Trinajstić information content (AvgIpc) is 2.98. The third-order valence-electron chi connectivity index (χ3n) is 3.77. The molecule has 1 aliphatic rings. The molecule has 2 aromatic carbocycles. The van der Waals surface area contributed by atoms with E-state index in [4.69, 9.17) is 18.9 Å². The number of hydrogen-bond acceptors (Lipinski definition) is 4. The normalized spacial score (nSPS) is 20.3. The minimum atomic E-state index is -0.195. The van der Waals surface area contributed by atoms with Crippen molar-refractivity contribution in [1.29, 1.82) is 0 Å². The van der Waals surface area contributed by atoms with E-state index < -0.39 is 0 Å². The van der Waals surface area contributed by atoms with Crippen LogP contribution < -0.4 is 14.2 Å². The van der Waals surface area contributed by atoms with Crippen LogP contribution >= 0.6 is 0 Å². The maximum atomic E-state index is 5.90. The number of rotatable bonds is 6. The molecule has 23 heavy (non-hydrogen) atoms. The summed E-state index contributed by atoms with van der Waals surface area (Å²) in [7, 11) is 1.63. The molecule has 1 saturated heterocycles. The standard InChI is InChI=1S/C19H22O4/c1-14-8-19(22-12-14)23-18-10-16(20-2)9-17(11-18)21-13-15-6-4-3-5-7-15/h3-7,9-11,14,19H,8,12-13H2,1-2H3/t14-,19?/m1/s1. The number of ether oxygens (including phenoxy) is 4. The Morgan fingerprint density at radius 3 is 2.48 bits per heavy atom. The molecule has 4 heteroatoms. The highest BCUT2D eigenvalue weighted by molar-refractivity contribution is 5.42. The number of benzene rings is 2. The fraction of sp³-hybridized carbons (Fsp3) is 0.368.